The summed E-state index contributed by atoms with van der Waals surface area (Å²) < 4.78 is 5.49. The lowest BCUT2D eigenvalue weighted by Crippen LogP contribution is -2.23. The van der Waals surface area contributed by atoms with Crippen LogP contribution < -0.4 is 4.74 Å². The van der Waals surface area contributed by atoms with Gasteiger partial charge in [-0.05, 0) is 28.7 Å². The third kappa shape index (κ3) is 2.96. The van der Waals surface area contributed by atoms with Gasteiger partial charge in [0.25, 0.3) is 0 Å². The van der Waals surface area contributed by atoms with Crippen molar-refractivity contribution in [1.29, 1.82) is 0 Å². The van der Waals surface area contributed by atoms with Crippen LogP contribution in [0, 0.1) is 0 Å². The van der Waals surface area contributed by atoms with Gasteiger partial charge in [-0.25, -0.2) is 4.79 Å². The molecule has 0 radical (unpaired) electrons. The molecule has 3 nitrogen and oxygen atoms in total. The fourth-order valence-electron chi connectivity index (χ4n) is 1.67. The molecule has 2 aromatic rings. The Hall–Kier alpha value is -1.68. The summed E-state index contributed by atoms with van der Waals surface area (Å²) in [7, 11) is 0. The highest BCUT2D eigenvalue weighted by atomic mass is 32.2. The second kappa shape index (κ2) is 5.78. The second-order valence-electron chi connectivity index (χ2n) is 3.75. The zero-order valence-electron chi connectivity index (χ0n) is 10.00. The van der Waals surface area contributed by atoms with E-state index >= 15 is 0 Å². The van der Waals surface area contributed by atoms with Gasteiger partial charge in [0.1, 0.15) is 5.75 Å². The summed E-state index contributed by atoms with van der Waals surface area (Å²) in [6.45, 7) is 1.91. The van der Waals surface area contributed by atoms with E-state index in [1.54, 1.807) is 6.07 Å². The van der Waals surface area contributed by atoms with E-state index in [-0.39, 0.29) is 0 Å². The number of aliphatic carboxylic acids is 1. The number of rotatable bonds is 5. The molecule has 2 aromatic carbocycles. The van der Waals surface area contributed by atoms with E-state index in [1.165, 1.54) is 11.8 Å². The second-order valence-corrected chi connectivity index (χ2v) is 5.09. The van der Waals surface area contributed by atoms with Gasteiger partial charge in [-0.2, -0.15) is 0 Å². The van der Waals surface area contributed by atoms with Crippen LogP contribution in [0.5, 0.6) is 5.75 Å². The summed E-state index contributed by atoms with van der Waals surface area (Å²) >= 11 is 1.26. The Balaban J connectivity index is 2.22. The molecule has 0 heterocycles. The average Bonchev–Trinajstić information content (AvgIpc) is 2.38. The predicted octanol–water partition coefficient (Wildman–Crippen LogP) is 3.38. The molecule has 0 aliphatic carbocycles. The van der Waals surface area contributed by atoms with Crippen molar-refractivity contribution in [2.45, 2.75) is 12.4 Å². The normalized spacial score (nSPS) is 12.3. The van der Waals surface area contributed by atoms with E-state index < -0.39 is 11.4 Å². The zero-order chi connectivity index (χ0) is 13.0. The molecule has 0 aromatic heterocycles. The third-order valence-electron chi connectivity index (χ3n) is 2.48. The Kier molecular flexibility index (Phi) is 4.10. The number of thioether (sulfide) groups is 1. The Morgan fingerprint density at radius 1 is 1.28 bits per heavy atom. The maximum Gasteiger partial charge on any atom is 0.355 e. The maximum absolute atomic E-state index is 11.0. The molecule has 0 spiro atoms. The third-order valence-corrected chi connectivity index (χ3v) is 3.42. The number of carbonyl (C=O) groups is 1. The molecule has 2 rings (SSSR count). The summed E-state index contributed by atoms with van der Waals surface area (Å²) in [4.78, 5) is 11.0. The molecule has 1 unspecified atom stereocenters. The molecule has 0 aliphatic heterocycles. The minimum atomic E-state index is -0.949. The Labute approximate surface area is 110 Å². The summed E-state index contributed by atoms with van der Waals surface area (Å²) in [5.41, 5.74) is -0.851. The van der Waals surface area contributed by atoms with Gasteiger partial charge in [0.15, 0.2) is 0 Å². The minimum Gasteiger partial charge on any atom is -0.478 e. The SMILES string of the molecule is CCSC(Oc1ccc2ccccc2c1)C(=O)O. The standard InChI is InChI=1S/C14H14O3S/c1-2-18-14(13(15)16)17-12-8-7-10-5-3-4-6-11(10)9-12/h3-9,14H,2H2,1H3,(H,15,16). The highest BCUT2D eigenvalue weighted by molar-refractivity contribution is 8.00. The molecular weight excluding hydrogens is 248 g/mol. The van der Waals surface area contributed by atoms with Gasteiger partial charge >= 0.3 is 5.97 Å². The van der Waals surface area contributed by atoms with Gasteiger partial charge < -0.3 is 9.84 Å². The number of carboxylic acids is 1. The van der Waals surface area contributed by atoms with Crippen LogP contribution >= 0.6 is 11.8 Å². The maximum atomic E-state index is 11.0. The van der Waals surface area contributed by atoms with Gasteiger partial charge in [0.2, 0.25) is 5.44 Å². The first kappa shape index (κ1) is 12.8. The topological polar surface area (TPSA) is 46.5 Å². The van der Waals surface area contributed by atoms with Gasteiger partial charge in [-0.15, -0.1) is 11.8 Å². The van der Waals surface area contributed by atoms with E-state index in [4.69, 9.17) is 9.84 Å². The van der Waals surface area contributed by atoms with Crippen LogP contribution in [0.15, 0.2) is 42.5 Å². The molecule has 0 aliphatic rings. The van der Waals surface area contributed by atoms with Crippen molar-refractivity contribution in [2.24, 2.45) is 0 Å². The number of fused-ring (bicyclic) bond motifs is 1. The van der Waals surface area contributed by atoms with Crippen molar-refractivity contribution in [3.8, 4) is 5.75 Å². The zero-order valence-corrected chi connectivity index (χ0v) is 10.8. The molecule has 4 heteroatoms. The van der Waals surface area contributed by atoms with Crippen molar-refractivity contribution in [2.75, 3.05) is 5.75 Å². The molecule has 1 N–H and O–H groups in total. The van der Waals surface area contributed by atoms with Crippen LogP contribution in [0.2, 0.25) is 0 Å². The quantitative estimate of drug-likeness (QED) is 0.839. The van der Waals surface area contributed by atoms with Crippen molar-refractivity contribution in [3.05, 3.63) is 42.5 Å². The lowest BCUT2D eigenvalue weighted by molar-refractivity contribution is -0.140. The van der Waals surface area contributed by atoms with Gasteiger partial charge in [-0.3, -0.25) is 0 Å². The Morgan fingerprint density at radius 3 is 2.67 bits per heavy atom. The molecule has 1 atom stereocenters. The molecule has 0 amide bonds. The minimum absolute atomic E-state index is 0.585. The van der Waals surface area contributed by atoms with E-state index in [9.17, 15) is 4.79 Å². The smallest absolute Gasteiger partial charge is 0.355 e. The van der Waals surface area contributed by atoms with Crippen LogP contribution in [-0.4, -0.2) is 22.3 Å². The van der Waals surface area contributed by atoms with E-state index in [0.717, 1.165) is 10.8 Å². The molecule has 0 bridgehead atoms. The first-order chi connectivity index (χ1) is 8.70. The van der Waals surface area contributed by atoms with Crippen molar-refractivity contribution in [3.63, 3.8) is 0 Å². The molecule has 18 heavy (non-hydrogen) atoms. The van der Waals surface area contributed by atoms with Crippen molar-refractivity contribution in [1.82, 2.24) is 0 Å². The average molecular weight is 262 g/mol. The predicted molar refractivity (Wildman–Crippen MR) is 74.1 cm³/mol. The van der Waals surface area contributed by atoms with Crippen LogP contribution in [0.1, 0.15) is 6.92 Å². The highest BCUT2D eigenvalue weighted by Gasteiger charge is 2.18. The lowest BCUT2D eigenvalue weighted by atomic mass is 10.1. The number of hydrogen-bond acceptors (Lipinski definition) is 3. The fraction of sp³-hybridized carbons (Fsp3) is 0.214. The Bertz CT molecular complexity index is 553. The molecule has 94 valence electrons. The van der Waals surface area contributed by atoms with Gasteiger partial charge in [-0.1, -0.05) is 37.3 Å². The largest absolute Gasteiger partial charge is 0.478 e. The van der Waals surface area contributed by atoms with Gasteiger partial charge in [0, 0.05) is 0 Å². The number of hydrogen-bond donors (Lipinski definition) is 1. The number of benzene rings is 2. The van der Waals surface area contributed by atoms with Crippen LogP contribution in [0.25, 0.3) is 10.8 Å². The van der Waals surface area contributed by atoms with Gasteiger partial charge in [0.05, 0.1) is 0 Å². The van der Waals surface area contributed by atoms with Crippen molar-refractivity contribution < 1.29 is 14.6 Å². The lowest BCUT2D eigenvalue weighted by Gasteiger charge is -2.14. The first-order valence-electron chi connectivity index (χ1n) is 5.70. The highest BCUT2D eigenvalue weighted by Crippen LogP contribution is 2.23. The monoisotopic (exact) mass is 262 g/mol. The molecule has 0 saturated carbocycles. The summed E-state index contributed by atoms with van der Waals surface area (Å²) in [5, 5.41) is 11.2. The summed E-state index contributed by atoms with van der Waals surface area (Å²) in [5.74, 6) is 0.335. The Morgan fingerprint density at radius 2 is 2.00 bits per heavy atom. The number of carboxylic acid groups (broad SMARTS) is 1. The van der Waals surface area contributed by atoms with Crippen LogP contribution in [0.4, 0.5) is 0 Å². The van der Waals surface area contributed by atoms with Crippen molar-refractivity contribution >= 4 is 28.5 Å². The van der Waals surface area contributed by atoms with E-state index in [1.807, 2.05) is 43.3 Å². The first-order valence-corrected chi connectivity index (χ1v) is 6.75. The molecule has 0 saturated heterocycles. The van der Waals surface area contributed by atoms with Crippen LogP contribution in [0.3, 0.4) is 0 Å². The fourth-order valence-corrected chi connectivity index (χ4v) is 2.30. The van der Waals surface area contributed by atoms with E-state index in [2.05, 4.69) is 0 Å². The molecule has 0 fully saturated rings. The van der Waals surface area contributed by atoms with E-state index in [0.29, 0.717) is 11.5 Å². The van der Waals surface area contributed by atoms with Crippen LogP contribution in [-0.2, 0) is 4.79 Å². The summed E-state index contributed by atoms with van der Waals surface area (Å²) in [6, 6.07) is 13.5. The molecular formula is C14H14O3S. The number of ether oxygens (including phenoxy) is 1. The summed E-state index contributed by atoms with van der Waals surface area (Å²) in [6.07, 6.45) is 0.